The van der Waals surface area contributed by atoms with E-state index in [1.807, 2.05) is 0 Å². The van der Waals surface area contributed by atoms with E-state index in [2.05, 4.69) is 10.6 Å². The second-order valence-electron chi connectivity index (χ2n) is 4.92. The smallest absolute Gasteiger partial charge is 0.319 e. The summed E-state index contributed by atoms with van der Waals surface area (Å²) in [7, 11) is 1.59. The Bertz CT molecular complexity index is 680. The molecule has 24 heavy (non-hydrogen) atoms. The molecule has 0 heterocycles. The van der Waals surface area contributed by atoms with Crippen molar-refractivity contribution in [2.24, 2.45) is 0 Å². The molecule has 0 saturated heterocycles. The van der Waals surface area contributed by atoms with Crippen molar-refractivity contribution in [3.63, 3.8) is 0 Å². The number of nitrogens with one attached hydrogen (secondary N) is 2. The Morgan fingerprint density at radius 1 is 1.17 bits per heavy atom. The number of carbonyl (C=O) groups is 1. The van der Waals surface area contributed by atoms with Crippen molar-refractivity contribution in [2.45, 2.75) is 6.54 Å². The molecule has 0 aliphatic rings. The van der Waals surface area contributed by atoms with Gasteiger partial charge in [0.1, 0.15) is 18.2 Å². The third-order valence-electron chi connectivity index (χ3n) is 3.10. The van der Waals surface area contributed by atoms with Crippen LogP contribution in [0.15, 0.2) is 42.5 Å². The fraction of sp³-hybridized carbons (Fsp3) is 0.235. The molecule has 0 saturated carbocycles. The van der Waals surface area contributed by atoms with Gasteiger partial charge in [0, 0.05) is 19.3 Å². The lowest BCUT2D eigenvalue weighted by molar-refractivity contribution is 0.146. The number of anilines is 1. The van der Waals surface area contributed by atoms with Gasteiger partial charge in [-0.15, -0.1) is 0 Å². The number of carbonyl (C=O) groups excluding carboxylic acids is 1. The number of hydrogen-bond donors (Lipinski definition) is 2. The van der Waals surface area contributed by atoms with E-state index in [-0.39, 0.29) is 18.4 Å². The van der Waals surface area contributed by atoms with Gasteiger partial charge in [0.25, 0.3) is 0 Å². The van der Waals surface area contributed by atoms with Gasteiger partial charge in [0.15, 0.2) is 0 Å². The topological polar surface area (TPSA) is 59.6 Å². The molecule has 0 atom stereocenters. The van der Waals surface area contributed by atoms with E-state index in [1.165, 1.54) is 12.1 Å². The Kier molecular flexibility index (Phi) is 6.84. The molecule has 2 rings (SSSR count). The summed E-state index contributed by atoms with van der Waals surface area (Å²) in [6.45, 7) is 1.14. The van der Waals surface area contributed by atoms with Gasteiger partial charge >= 0.3 is 6.03 Å². The average Bonchev–Trinajstić information content (AvgIpc) is 2.56. The molecule has 5 nitrogen and oxygen atoms in total. The van der Waals surface area contributed by atoms with E-state index in [0.29, 0.717) is 29.7 Å². The largest absolute Gasteiger partial charge is 0.490 e. The fourth-order valence-corrected chi connectivity index (χ4v) is 2.13. The molecule has 2 aromatic rings. The van der Waals surface area contributed by atoms with Crippen LogP contribution in [0.2, 0.25) is 5.02 Å². The molecular formula is C17H18ClFN2O3. The Morgan fingerprint density at radius 3 is 2.58 bits per heavy atom. The van der Waals surface area contributed by atoms with Crippen LogP contribution < -0.4 is 15.4 Å². The highest BCUT2D eigenvalue weighted by Gasteiger charge is 2.06. The van der Waals surface area contributed by atoms with Gasteiger partial charge < -0.3 is 20.1 Å². The maximum Gasteiger partial charge on any atom is 0.319 e. The van der Waals surface area contributed by atoms with Gasteiger partial charge in [-0.05, 0) is 35.9 Å². The standard InChI is InChI=1S/C17H18ClFN2O3/c1-23-8-9-24-16-7-6-14(10-15(16)18)21-17(22)20-11-12-2-4-13(19)5-3-12/h2-7,10H,8-9,11H2,1H3,(H2,20,21,22). The zero-order valence-corrected chi connectivity index (χ0v) is 13.9. The Labute approximate surface area is 144 Å². The number of hydrogen-bond acceptors (Lipinski definition) is 3. The molecule has 0 spiro atoms. The van der Waals surface area contributed by atoms with Crippen molar-refractivity contribution >= 4 is 23.3 Å². The maximum absolute atomic E-state index is 12.8. The van der Waals surface area contributed by atoms with Crippen LogP contribution >= 0.6 is 11.6 Å². The number of urea groups is 1. The quantitative estimate of drug-likeness (QED) is 0.745. The van der Waals surface area contributed by atoms with E-state index in [1.54, 1.807) is 37.4 Å². The normalized spacial score (nSPS) is 10.3. The Balaban J connectivity index is 1.84. The lowest BCUT2D eigenvalue weighted by atomic mass is 10.2. The third-order valence-corrected chi connectivity index (χ3v) is 3.40. The zero-order chi connectivity index (χ0) is 17.4. The number of rotatable bonds is 7. The van der Waals surface area contributed by atoms with Crippen molar-refractivity contribution in [3.05, 3.63) is 58.9 Å². The minimum atomic E-state index is -0.386. The number of halogens is 2. The van der Waals surface area contributed by atoms with Crippen molar-refractivity contribution in [2.75, 3.05) is 25.6 Å². The predicted molar refractivity (Wildman–Crippen MR) is 91.1 cm³/mol. The van der Waals surface area contributed by atoms with E-state index in [4.69, 9.17) is 21.1 Å². The molecular weight excluding hydrogens is 335 g/mol. The summed E-state index contributed by atoms with van der Waals surface area (Å²) < 4.78 is 23.1. The van der Waals surface area contributed by atoms with Crippen LogP contribution in [0.1, 0.15) is 5.56 Å². The van der Waals surface area contributed by atoms with Gasteiger partial charge in [-0.25, -0.2) is 9.18 Å². The second-order valence-corrected chi connectivity index (χ2v) is 5.33. The summed E-state index contributed by atoms with van der Waals surface area (Å²) >= 11 is 6.11. The molecule has 0 aliphatic heterocycles. The molecule has 2 aromatic carbocycles. The molecule has 2 amide bonds. The summed E-state index contributed by atoms with van der Waals surface area (Å²) in [6.07, 6.45) is 0. The zero-order valence-electron chi connectivity index (χ0n) is 13.1. The number of methoxy groups -OCH3 is 1. The van der Waals surface area contributed by atoms with Gasteiger partial charge in [-0.3, -0.25) is 0 Å². The molecule has 0 radical (unpaired) electrons. The molecule has 0 aromatic heterocycles. The Hall–Kier alpha value is -2.31. The highest BCUT2D eigenvalue weighted by molar-refractivity contribution is 6.32. The van der Waals surface area contributed by atoms with E-state index in [9.17, 15) is 9.18 Å². The van der Waals surface area contributed by atoms with Gasteiger partial charge in [0.2, 0.25) is 0 Å². The highest BCUT2D eigenvalue weighted by atomic mass is 35.5. The SMILES string of the molecule is COCCOc1ccc(NC(=O)NCc2ccc(F)cc2)cc1Cl. The van der Waals surface area contributed by atoms with Crippen molar-refractivity contribution in [3.8, 4) is 5.75 Å². The molecule has 7 heteroatoms. The van der Waals surface area contributed by atoms with E-state index >= 15 is 0 Å². The van der Waals surface area contributed by atoms with Crippen molar-refractivity contribution < 1.29 is 18.7 Å². The first kappa shape index (κ1) is 18.0. The minimum absolute atomic E-state index is 0.290. The molecule has 0 unspecified atom stereocenters. The number of benzene rings is 2. The van der Waals surface area contributed by atoms with Crippen LogP contribution in [-0.4, -0.2) is 26.4 Å². The maximum atomic E-state index is 12.8. The predicted octanol–water partition coefficient (Wildman–Crippen LogP) is 3.83. The van der Waals surface area contributed by atoms with Crippen LogP contribution in [-0.2, 0) is 11.3 Å². The molecule has 128 valence electrons. The van der Waals surface area contributed by atoms with Crippen LogP contribution in [0.25, 0.3) is 0 Å². The van der Waals surface area contributed by atoms with Crippen LogP contribution in [0, 0.1) is 5.82 Å². The molecule has 2 N–H and O–H groups in total. The lowest BCUT2D eigenvalue weighted by Gasteiger charge is -2.11. The number of ether oxygens (including phenoxy) is 2. The third kappa shape index (κ3) is 5.72. The number of amides is 2. The van der Waals surface area contributed by atoms with Crippen molar-refractivity contribution in [1.82, 2.24) is 5.32 Å². The molecule has 0 bridgehead atoms. The monoisotopic (exact) mass is 352 g/mol. The van der Waals surface area contributed by atoms with Gasteiger partial charge in [0.05, 0.1) is 11.6 Å². The first-order valence-electron chi connectivity index (χ1n) is 7.29. The van der Waals surface area contributed by atoms with Gasteiger partial charge in [-0.1, -0.05) is 23.7 Å². The first-order chi connectivity index (χ1) is 11.6. The van der Waals surface area contributed by atoms with E-state index < -0.39 is 0 Å². The highest BCUT2D eigenvalue weighted by Crippen LogP contribution is 2.27. The summed E-state index contributed by atoms with van der Waals surface area (Å²) in [4.78, 5) is 11.9. The van der Waals surface area contributed by atoms with Crippen LogP contribution in [0.3, 0.4) is 0 Å². The average molecular weight is 353 g/mol. The summed E-state index contributed by atoms with van der Waals surface area (Å²) in [5, 5.41) is 5.74. The Morgan fingerprint density at radius 2 is 1.92 bits per heavy atom. The van der Waals surface area contributed by atoms with E-state index in [0.717, 1.165) is 5.56 Å². The van der Waals surface area contributed by atoms with Gasteiger partial charge in [-0.2, -0.15) is 0 Å². The first-order valence-corrected chi connectivity index (χ1v) is 7.67. The fourth-order valence-electron chi connectivity index (χ4n) is 1.89. The second kappa shape index (κ2) is 9.10. The van der Waals surface area contributed by atoms with Crippen LogP contribution in [0.5, 0.6) is 5.75 Å². The molecule has 0 aliphatic carbocycles. The lowest BCUT2D eigenvalue weighted by Crippen LogP contribution is -2.28. The summed E-state index contributed by atoms with van der Waals surface area (Å²) in [5.41, 5.74) is 1.34. The minimum Gasteiger partial charge on any atom is -0.490 e. The summed E-state index contributed by atoms with van der Waals surface area (Å²) in [5.74, 6) is 0.205. The van der Waals surface area contributed by atoms with Crippen molar-refractivity contribution in [1.29, 1.82) is 0 Å². The van der Waals surface area contributed by atoms with Crippen LogP contribution in [0.4, 0.5) is 14.9 Å². The molecule has 0 fully saturated rings. The summed E-state index contributed by atoms with van der Waals surface area (Å²) in [6, 6.07) is 10.5.